The van der Waals surface area contributed by atoms with Crippen LogP contribution >= 0.6 is 0 Å². The molecule has 2 rings (SSSR count). The molecule has 0 aliphatic heterocycles. The molecule has 0 bridgehead atoms. The number of nitrogens with one attached hydrogen (secondary N) is 2. The normalized spacial score (nSPS) is 27.4. The Morgan fingerprint density at radius 1 is 1.10 bits per heavy atom. The number of carbonyl (C=O) groups excluding carboxylic acids is 1. The van der Waals surface area contributed by atoms with E-state index in [1.54, 1.807) is 0 Å². The van der Waals surface area contributed by atoms with E-state index < -0.39 is 18.1 Å². The molecule has 2 aliphatic rings. The molecule has 1 amide bonds. The van der Waals surface area contributed by atoms with Gasteiger partial charge in [0.2, 0.25) is 5.91 Å². The first-order valence-corrected chi connectivity index (χ1v) is 7.56. The van der Waals surface area contributed by atoms with E-state index in [0.717, 1.165) is 19.3 Å². The second-order valence-corrected chi connectivity index (χ2v) is 5.94. The molecule has 20 heavy (non-hydrogen) atoms. The molecule has 0 aromatic heterocycles. The summed E-state index contributed by atoms with van der Waals surface area (Å²) in [5.74, 6) is -1.21. The minimum absolute atomic E-state index is 0.0188. The fourth-order valence-electron chi connectivity index (χ4n) is 2.83. The fraction of sp³-hybridized carbons (Fsp3) is 0.929. The van der Waals surface area contributed by atoms with Gasteiger partial charge in [0.1, 0.15) is 0 Å². The quantitative estimate of drug-likeness (QED) is 0.739. The lowest BCUT2D eigenvalue weighted by Gasteiger charge is -2.33. The third kappa shape index (κ3) is 4.96. The molecule has 0 heterocycles. The van der Waals surface area contributed by atoms with Gasteiger partial charge in [-0.05, 0) is 38.6 Å². The Kier molecular flexibility index (Phi) is 5.29. The van der Waals surface area contributed by atoms with E-state index in [-0.39, 0.29) is 12.3 Å². The number of rotatable bonds is 6. The molecule has 0 aromatic carbocycles. The molecule has 116 valence electrons. The fourth-order valence-corrected chi connectivity index (χ4v) is 2.83. The van der Waals surface area contributed by atoms with Crippen molar-refractivity contribution in [1.29, 1.82) is 0 Å². The maximum atomic E-state index is 12.9. The number of hydrogen-bond acceptors (Lipinski definition) is 2. The Morgan fingerprint density at radius 2 is 1.80 bits per heavy atom. The van der Waals surface area contributed by atoms with E-state index in [0.29, 0.717) is 38.3 Å². The zero-order valence-corrected chi connectivity index (χ0v) is 11.6. The number of hydrogen-bond donors (Lipinski definition) is 2. The average Bonchev–Trinajstić information content (AvgIpc) is 3.18. The molecule has 2 saturated carbocycles. The maximum absolute atomic E-state index is 12.9. The largest absolute Gasteiger partial charge is 0.393 e. The van der Waals surface area contributed by atoms with Gasteiger partial charge in [-0.1, -0.05) is 12.8 Å². The summed E-state index contributed by atoms with van der Waals surface area (Å²) in [5, 5.41) is 5.88. The molecule has 2 fully saturated rings. The highest BCUT2D eigenvalue weighted by molar-refractivity contribution is 5.76. The lowest BCUT2D eigenvalue weighted by molar-refractivity contribution is -0.188. The smallest absolute Gasteiger partial charge is 0.353 e. The van der Waals surface area contributed by atoms with Gasteiger partial charge in [0.15, 0.2) is 0 Å². The first kappa shape index (κ1) is 15.6. The standard InChI is InChI=1S/C14H23F3N2O/c15-14(16,17)11-4-1-2-5-12(11)18-9-3-6-13(20)19-10-7-8-10/h10-12,18H,1-9H2,(H,19,20). The summed E-state index contributed by atoms with van der Waals surface area (Å²) in [6.45, 7) is 0.481. The van der Waals surface area contributed by atoms with Gasteiger partial charge in [0.25, 0.3) is 0 Å². The lowest BCUT2D eigenvalue weighted by Crippen LogP contribution is -2.45. The number of halogens is 3. The maximum Gasteiger partial charge on any atom is 0.393 e. The summed E-state index contributed by atoms with van der Waals surface area (Å²) in [6, 6.07) is -0.126. The lowest BCUT2D eigenvalue weighted by atomic mass is 9.84. The van der Waals surface area contributed by atoms with Crippen LogP contribution in [-0.2, 0) is 4.79 Å². The molecule has 2 aliphatic carbocycles. The second kappa shape index (κ2) is 6.78. The van der Waals surface area contributed by atoms with E-state index in [4.69, 9.17) is 0 Å². The molecule has 3 nitrogen and oxygen atoms in total. The van der Waals surface area contributed by atoms with Gasteiger partial charge in [0.05, 0.1) is 5.92 Å². The van der Waals surface area contributed by atoms with Crippen molar-refractivity contribution >= 4 is 5.91 Å². The molecular formula is C14H23F3N2O. The zero-order valence-electron chi connectivity index (χ0n) is 11.6. The van der Waals surface area contributed by atoms with Gasteiger partial charge in [-0.25, -0.2) is 0 Å². The minimum atomic E-state index is -4.11. The SMILES string of the molecule is O=C(CCCNC1CCCCC1C(F)(F)F)NC1CC1. The summed E-state index contributed by atoms with van der Waals surface area (Å²) in [7, 11) is 0. The molecule has 0 spiro atoms. The van der Waals surface area contributed by atoms with E-state index in [9.17, 15) is 18.0 Å². The first-order chi connectivity index (χ1) is 9.47. The van der Waals surface area contributed by atoms with Crippen LogP contribution in [0.2, 0.25) is 0 Å². The van der Waals surface area contributed by atoms with Crippen LogP contribution in [0.5, 0.6) is 0 Å². The van der Waals surface area contributed by atoms with Crippen molar-refractivity contribution in [2.45, 2.75) is 69.6 Å². The highest BCUT2D eigenvalue weighted by Gasteiger charge is 2.45. The Hall–Kier alpha value is -0.780. The van der Waals surface area contributed by atoms with Crippen LogP contribution in [0.25, 0.3) is 0 Å². The minimum Gasteiger partial charge on any atom is -0.353 e. The summed E-state index contributed by atoms with van der Waals surface area (Å²) in [6.07, 6.45) is 1.31. The van der Waals surface area contributed by atoms with Crippen LogP contribution in [0.4, 0.5) is 13.2 Å². The van der Waals surface area contributed by atoms with Crippen LogP contribution in [-0.4, -0.2) is 30.7 Å². The van der Waals surface area contributed by atoms with Crippen molar-refractivity contribution in [1.82, 2.24) is 10.6 Å². The monoisotopic (exact) mass is 292 g/mol. The molecule has 0 saturated heterocycles. The third-order valence-corrected chi connectivity index (χ3v) is 4.12. The molecule has 2 unspecified atom stereocenters. The van der Waals surface area contributed by atoms with Crippen LogP contribution in [0.15, 0.2) is 0 Å². The second-order valence-electron chi connectivity index (χ2n) is 5.94. The van der Waals surface area contributed by atoms with Crippen LogP contribution in [0, 0.1) is 5.92 Å². The van der Waals surface area contributed by atoms with Crippen molar-refractivity contribution < 1.29 is 18.0 Å². The molecule has 0 radical (unpaired) electrons. The average molecular weight is 292 g/mol. The van der Waals surface area contributed by atoms with E-state index in [1.165, 1.54) is 0 Å². The molecule has 2 N–H and O–H groups in total. The van der Waals surface area contributed by atoms with E-state index in [2.05, 4.69) is 10.6 Å². The highest BCUT2D eigenvalue weighted by atomic mass is 19.4. The number of amides is 1. The van der Waals surface area contributed by atoms with Crippen molar-refractivity contribution in [3.05, 3.63) is 0 Å². The topological polar surface area (TPSA) is 41.1 Å². The van der Waals surface area contributed by atoms with Gasteiger partial charge >= 0.3 is 6.18 Å². The van der Waals surface area contributed by atoms with Gasteiger partial charge in [-0.15, -0.1) is 0 Å². The Bertz CT molecular complexity index is 329. The number of alkyl halides is 3. The van der Waals surface area contributed by atoms with Crippen LogP contribution in [0.1, 0.15) is 51.4 Å². The molecular weight excluding hydrogens is 269 g/mol. The van der Waals surface area contributed by atoms with Crippen molar-refractivity contribution in [2.24, 2.45) is 5.92 Å². The summed E-state index contributed by atoms with van der Waals surface area (Å²) < 4.78 is 38.6. The predicted octanol–water partition coefficient (Wildman–Crippen LogP) is 2.76. The van der Waals surface area contributed by atoms with Gasteiger partial charge in [-0.3, -0.25) is 4.79 Å². The predicted molar refractivity (Wildman–Crippen MR) is 70.2 cm³/mol. The molecule has 6 heteroatoms. The van der Waals surface area contributed by atoms with Crippen molar-refractivity contribution in [3.8, 4) is 0 Å². The number of carbonyl (C=O) groups is 1. The van der Waals surface area contributed by atoms with Crippen LogP contribution < -0.4 is 10.6 Å². The van der Waals surface area contributed by atoms with Crippen molar-refractivity contribution in [3.63, 3.8) is 0 Å². The summed E-state index contributed by atoms with van der Waals surface area (Å²) in [4.78, 5) is 11.4. The van der Waals surface area contributed by atoms with Gasteiger partial charge in [-0.2, -0.15) is 13.2 Å². The summed E-state index contributed by atoms with van der Waals surface area (Å²) in [5.41, 5.74) is 0. The Balaban J connectivity index is 1.64. The van der Waals surface area contributed by atoms with E-state index >= 15 is 0 Å². The zero-order chi connectivity index (χ0) is 14.6. The highest BCUT2D eigenvalue weighted by Crippen LogP contribution is 2.37. The summed E-state index contributed by atoms with van der Waals surface area (Å²) >= 11 is 0. The third-order valence-electron chi connectivity index (χ3n) is 4.12. The van der Waals surface area contributed by atoms with Gasteiger partial charge < -0.3 is 10.6 Å². The first-order valence-electron chi connectivity index (χ1n) is 7.56. The van der Waals surface area contributed by atoms with Crippen molar-refractivity contribution in [2.75, 3.05) is 6.54 Å². The molecule has 0 aromatic rings. The van der Waals surface area contributed by atoms with E-state index in [1.807, 2.05) is 0 Å². The molecule has 2 atom stereocenters. The van der Waals surface area contributed by atoms with Crippen LogP contribution in [0.3, 0.4) is 0 Å². The Labute approximate surface area is 117 Å². The van der Waals surface area contributed by atoms with Gasteiger partial charge in [0, 0.05) is 18.5 Å². The Morgan fingerprint density at radius 3 is 2.45 bits per heavy atom.